The number of imidazole rings is 1. The first-order valence-electron chi connectivity index (χ1n) is 10.8. The zero-order valence-electron chi connectivity index (χ0n) is 18.2. The molecule has 9 nitrogen and oxygen atoms in total. The van der Waals surface area contributed by atoms with Gasteiger partial charge in [-0.05, 0) is 18.4 Å². The Labute approximate surface area is 190 Å². The second-order valence-corrected chi connectivity index (χ2v) is 7.80. The van der Waals surface area contributed by atoms with Crippen LogP contribution in [0.25, 0.3) is 21.8 Å². The number of piperazine rings is 1. The number of nitriles is 1. The number of hydrogen-bond acceptors (Lipinski definition) is 7. The van der Waals surface area contributed by atoms with E-state index in [2.05, 4.69) is 38.2 Å². The average molecular weight is 438 g/mol. The number of pyridine rings is 1. The molecule has 1 saturated heterocycles. The van der Waals surface area contributed by atoms with Crippen molar-refractivity contribution in [2.75, 3.05) is 31.1 Å². The van der Waals surface area contributed by atoms with E-state index in [1.54, 1.807) is 13.1 Å². The summed E-state index contributed by atoms with van der Waals surface area (Å²) in [6, 6.07) is 11.6. The van der Waals surface area contributed by atoms with Gasteiger partial charge in [-0.25, -0.2) is 14.6 Å². The van der Waals surface area contributed by atoms with Crippen LogP contribution in [0.3, 0.4) is 0 Å². The molecule has 0 saturated carbocycles. The van der Waals surface area contributed by atoms with Crippen molar-refractivity contribution in [3.63, 3.8) is 0 Å². The van der Waals surface area contributed by atoms with Crippen LogP contribution in [0.5, 0.6) is 0 Å². The smallest absolute Gasteiger partial charge is 0.293 e. The second-order valence-electron chi connectivity index (χ2n) is 7.80. The highest BCUT2D eigenvalue weighted by Crippen LogP contribution is 2.21. The molecule has 0 spiro atoms. The number of aromatic nitrogens is 5. The van der Waals surface area contributed by atoms with Crippen LogP contribution in [0, 0.1) is 23.2 Å². The fourth-order valence-electron chi connectivity index (χ4n) is 4.17. The zero-order chi connectivity index (χ0) is 22.8. The molecule has 1 N–H and O–H groups in total. The van der Waals surface area contributed by atoms with Crippen LogP contribution < -0.4 is 15.8 Å². The summed E-state index contributed by atoms with van der Waals surface area (Å²) in [4.78, 5) is 24.9. The van der Waals surface area contributed by atoms with E-state index in [4.69, 9.17) is 4.98 Å². The molecule has 4 heterocycles. The summed E-state index contributed by atoms with van der Waals surface area (Å²) in [6.45, 7) is 5.65. The summed E-state index contributed by atoms with van der Waals surface area (Å²) in [5, 5.41) is 18.9. The minimum atomic E-state index is -0.257. The first-order chi connectivity index (χ1) is 16.2. The predicted octanol–water partition coefficient (Wildman–Crippen LogP) is 1.49. The maximum atomic E-state index is 13.5. The lowest BCUT2D eigenvalue weighted by molar-refractivity contribution is 0.572. The van der Waals surface area contributed by atoms with Gasteiger partial charge < -0.3 is 10.2 Å². The van der Waals surface area contributed by atoms with Crippen molar-refractivity contribution in [1.82, 2.24) is 29.6 Å². The average Bonchev–Trinajstić information content (AvgIpc) is 3.23. The van der Waals surface area contributed by atoms with Crippen LogP contribution in [0.4, 0.5) is 5.95 Å². The Morgan fingerprint density at radius 3 is 2.79 bits per heavy atom. The van der Waals surface area contributed by atoms with Crippen molar-refractivity contribution in [2.24, 2.45) is 0 Å². The van der Waals surface area contributed by atoms with Gasteiger partial charge in [0.1, 0.15) is 22.8 Å². The molecule has 1 aliphatic rings. The number of hydrogen-bond donors (Lipinski definition) is 1. The number of fused-ring (bicyclic) bond motifs is 2. The van der Waals surface area contributed by atoms with Gasteiger partial charge in [-0.1, -0.05) is 30.2 Å². The molecule has 5 rings (SSSR count). The molecule has 1 aliphatic heterocycles. The van der Waals surface area contributed by atoms with Crippen molar-refractivity contribution in [1.29, 1.82) is 5.26 Å². The van der Waals surface area contributed by atoms with Crippen LogP contribution in [-0.4, -0.2) is 50.5 Å². The van der Waals surface area contributed by atoms with Crippen molar-refractivity contribution >= 4 is 27.8 Å². The van der Waals surface area contributed by atoms with E-state index in [9.17, 15) is 10.1 Å². The van der Waals surface area contributed by atoms with Gasteiger partial charge in [0.15, 0.2) is 0 Å². The van der Waals surface area contributed by atoms with Gasteiger partial charge in [0.05, 0.1) is 25.0 Å². The van der Waals surface area contributed by atoms with Crippen LogP contribution in [0.1, 0.15) is 18.3 Å². The molecule has 164 valence electrons. The van der Waals surface area contributed by atoms with Gasteiger partial charge in [-0.15, -0.1) is 5.92 Å². The fraction of sp³-hybridized carbons (Fsp3) is 0.292. The van der Waals surface area contributed by atoms with Crippen molar-refractivity contribution in [3.8, 4) is 17.9 Å². The number of nitrogens with zero attached hydrogens (tertiary/aromatic N) is 7. The van der Waals surface area contributed by atoms with E-state index in [0.717, 1.165) is 42.9 Å². The summed E-state index contributed by atoms with van der Waals surface area (Å²) in [7, 11) is 0. The third kappa shape index (κ3) is 3.79. The van der Waals surface area contributed by atoms with Crippen molar-refractivity contribution in [2.45, 2.75) is 20.0 Å². The molecular weight excluding hydrogens is 416 g/mol. The number of rotatable bonds is 4. The maximum absolute atomic E-state index is 13.5. The largest absolute Gasteiger partial charge is 0.340 e. The van der Waals surface area contributed by atoms with E-state index >= 15 is 0 Å². The molecule has 0 radical (unpaired) electrons. The van der Waals surface area contributed by atoms with E-state index in [-0.39, 0.29) is 12.1 Å². The minimum Gasteiger partial charge on any atom is -0.340 e. The van der Waals surface area contributed by atoms with E-state index < -0.39 is 0 Å². The van der Waals surface area contributed by atoms with E-state index in [0.29, 0.717) is 29.0 Å². The molecule has 1 fully saturated rings. The van der Waals surface area contributed by atoms with Crippen LogP contribution >= 0.6 is 0 Å². The standard InChI is InChI=1S/C24H22N8O/c1-2-3-10-31-22-21(29-24(31)30-11-8-26-9-12-30)15-27-32(23(22)33)16-18-13-17-6-4-5-7-19(17)20(14-25)28-18/h4-7,13,15,26H,8-12,16H2,1H3. The molecule has 0 unspecified atom stereocenters. The molecule has 0 aliphatic carbocycles. The Kier molecular flexibility index (Phi) is 5.47. The highest BCUT2D eigenvalue weighted by Gasteiger charge is 2.21. The lowest BCUT2D eigenvalue weighted by atomic mass is 10.1. The Bertz CT molecular complexity index is 1510. The second kappa shape index (κ2) is 8.73. The SMILES string of the molecule is CC#CCn1c(N2CCNCC2)nc2cnn(Cc3cc4ccccc4c(C#N)n3)c(=O)c21. The molecule has 33 heavy (non-hydrogen) atoms. The Balaban J connectivity index is 1.61. The third-order valence-electron chi connectivity index (χ3n) is 5.76. The molecule has 0 bridgehead atoms. The first-order valence-corrected chi connectivity index (χ1v) is 10.8. The Hall–Kier alpha value is -4.21. The van der Waals surface area contributed by atoms with Gasteiger partial charge in [0.2, 0.25) is 5.95 Å². The lowest BCUT2D eigenvalue weighted by Gasteiger charge is -2.28. The quantitative estimate of drug-likeness (QED) is 0.482. The molecule has 1 aromatic carbocycles. The topological polar surface area (TPSA) is 105 Å². The van der Waals surface area contributed by atoms with Gasteiger partial charge in [0, 0.05) is 31.6 Å². The predicted molar refractivity (Wildman–Crippen MR) is 126 cm³/mol. The molecule has 9 heteroatoms. The number of anilines is 1. The Morgan fingerprint density at radius 2 is 2.00 bits per heavy atom. The van der Waals surface area contributed by atoms with Gasteiger partial charge in [-0.2, -0.15) is 10.4 Å². The fourth-order valence-corrected chi connectivity index (χ4v) is 4.17. The van der Waals surface area contributed by atoms with E-state index in [1.165, 1.54) is 4.68 Å². The molecule has 3 aromatic heterocycles. The third-order valence-corrected chi connectivity index (χ3v) is 5.76. The molecule has 0 amide bonds. The van der Waals surface area contributed by atoms with Crippen LogP contribution in [0.15, 0.2) is 41.3 Å². The van der Waals surface area contributed by atoms with Crippen molar-refractivity contribution in [3.05, 3.63) is 58.3 Å². The Morgan fingerprint density at radius 1 is 1.18 bits per heavy atom. The summed E-state index contributed by atoms with van der Waals surface area (Å²) in [6.07, 6.45) is 1.62. The summed E-state index contributed by atoms with van der Waals surface area (Å²) >= 11 is 0. The first kappa shape index (κ1) is 20.7. The molecular formula is C24H22N8O. The van der Waals surface area contributed by atoms with Gasteiger partial charge >= 0.3 is 0 Å². The summed E-state index contributed by atoms with van der Waals surface area (Å²) in [5.41, 5.74) is 1.70. The highest BCUT2D eigenvalue weighted by atomic mass is 16.1. The summed E-state index contributed by atoms with van der Waals surface area (Å²) < 4.78 is 3.26. The monoisotopic (exact) mass is 438 g/mol. The van der Waals surface area contributed by atoms with E-state index in [1.807, 2.05) is 34.9 Å². The number of benzene rings is 1. The maximum Gasteiger partial charge on any atom is 0.293 e. The highest BCUT2D eigenvalue weighted by molar-refractivity contribution is 5.86. The lowest BCUT2D eigenvalue weighted by Crippen LogP contribution is -2.44. The zero-order valence-corrected chi connectivity index (χ0v) is 18.2. The number of nitrogens with one attached hydrogen (secondary N) is 1. The summed E-state index contributed by atoms with van der Waals surface area (Å²) in [5.74, 6) is 6.71. The van der Waals surface area contributed by atoms with Crippen LogP contribution in [0.2, 0.25) is 0 Å². The van der Waals surface area contributed by atoms with Crippen LogP contribution in [-0.2, 0) is 13.1 Å². The molecule has 0 atom stereocenters. The van der Waals surface area contributed by atoms with Crippen molar-refractivity contribution < 1.29 is 0 Å². The normalized spacial score (nSPS) is 13.6. The van der Waals surface area contributed by atoms with Gasteiger partial charge in [-0.3, -0.25) is 9.36 Å². The van der Waals surface area contributed by atoms with Gasteiger partial charge in [0.25, 0.3) is 5.56 Å². The molecule has 4 aromatic rings. The minimum absolute atomic E-state index is 0.155.